The Hall–Kier alpha value is -3.97. The molecule has 1 aliphatic heterocycles. The molecule has 0 saturated carbocycles. The molecule has 0 atom stereocenters. The van der Waals surface area contributed by atoms with Gasteiger partial charge in [0.2, 0.25) is 0 Å². The molecular formula is C33H26Cl2N2O3S. The maximum absolute atomic E-state index is 13.7. The van der Waals surface area contributed by atoms with Gasteiger partial charge in [0.15, 0.2) is 16.7 Å². The molecule has 0 radical (unpaired) electrons. The minimum absolute atomic E-state index is 0.155. The topological polar surface area (TPSA) is 51.1 Å². The summed E-state index contributed by atoms with van der Waals surface area (Å²) in [5.74, 6) is 0.968. The zero-order valence-electron chi connectivity index (χ0n) is 22.2. The number of anilines is 1. The highest BCUT2D eigenvalue weighted by Crippen LogP contribution is 2.40. The molecule has 8 heteroatoms. The fraction of sp³-hybridized carbons (Fsp3) is 0.0909. The van der Waals surface area contributed by atoms with E-state index in [4.69, 9.17) is 37.7 Å². The maximum Gasteiger partial charge on any atom is 0.271 e. The molecule has 0 aliphatic carbocycles. The Bertz CT molecular complexity index is 1640. The van der Waals surface area contributed by atoms with Gasteiger partial charge in [-0.1, -0.05) is 71.7 Å². The van der Waals surface area contributed by atoms with E-state index < -0.39 is 0 Å². The summed E-state index contributed by atoms with van der Waals surface area (Å²) in [5, 5.41) is 1.66. The van der Waals surface area contributed by atoms with E-state index in [2.05, 4.69) is 6.58 Å². The van der Waals surface area contributed by atoms with Gasteiger partial charge in [-0.3, -0.25) is 9.69 Å². The Morgan fingerprint density at radius 3 is 2.37 bits per heavy atom. The van der Waals surface area contributed by atoms with Crippen molar-refractivity contribution in [1.29, 1.82) is 0 Å². The second-order valence-corrected chi connectivity index (χ2v) is 10.9. The van der Waals surface area contributed by atoms with Gasteiger partial charge in [0.25, 0.3) is 5.91 Å². The molecule has 4 aromatic rings. The minimum atomic E-state index is -0.155. The standard InChI is InChI=1S/C33H26Cl2N2O3S/c1-3-10-23-17-22(18-29(39-2)31(23)40-21-24-15-16-25(34)20-28(24)35)19-30-32(38)37(27-13-8-5-9-14-27)33(41-30)36-26-11-6-4-7-12-26/h3-9,11-20H,1,10,21H2,2H3/b30-19+,36-33?. The predicted molar refractivity (Wildman–Crippen MR) is 171 cm³/mol. The lowest BCUT2D eigenvalue weighted by molar-refractivity contribution is -0.113. The molecule has 4 aromatic carbocycles. The lowest BCUT2D eigenvalue weighted by Gasteiger charge is -2.17. The number of methoxy groups -OCH3 is 1. The van der Waals surface area contributed by atoms with Crippen molar-refractivity contribution in [2.75, 3.05) is 12.0 Å². The number of carbonyl (C=O) groups is 1. The van der Waals surface area contributed by atoms with Crippen molar-refractivity contribution in [2.45, 2.75) is 13.0 Å². The van der Waals surface area contributed by atoms with Crippen molar-refractivity contribution < 1.29 is 14.3 Å². The van der Waals surface area contributed by atoms with Crippen LogP contribution in [0.3, 0.4) is 0 Å². The molecule has 1 amide bonds. The number of thioether (sulfide) groups is 1. The Morgan fingerprint density at radius 2 is 1.68 bits per heavy atom. The molecule has 0 aromatic heterocycles. The van der Waals surface area contributed by atoms with Gasteiger partial charge in [0.05, 0.1) is 23.4 Å². The van der Waals surface area contributed by atoms with Crippen LogP contribution in [0.15, 0.2) is 114 Å². The highest BCUT2D eigenvalue weighted by Gasteiger charge is 2.34. The van der Waals surface area contributed by atoms with Gasteiger partial charge in [-0.25, -0.2) is 4.99 Å². The monoisotopic (exact) mass is 600 g/mol. The number of ether oxygens (including phenoxy) is 2. The van der Waals surface area contributed by atoms with Crippen LogP contribution in [0, 0.1) is 0 Å². The molecule has 206 valence electrons. The molecular weight excluding hydrogens is 575 g/mol. The summed E-state index contributed by atoms with van der Waals surface area (Å²) in [7, 11) is 1.59. The summed E-state index contributed by atoms with van der Waals surface area (Å²) < 4.78 is 11.9. The van der Waals surface area contributed by atoms with Gasteiger partial charge in [-0.15, -0.1) is 6.58 Å². The number of amides is 1. The molecule has 5 rings (SSSR count). The van der Waals surface area contributed by atoms with E-state index in [0.717, 1.165) is 28.1 Å². The molecule has 0 bridgehead atoms. The number of hydrogen-bond donors (Lipinski definition) is 0. The highest BCUT2D eigenvalue weighted by atomic mass is 35.5. The van der Waals surface area contributed by atoms with Crippen LogP contribution in [0.25, 0.3) is 6.08 Å². The third-order valence-corrected chi connectivity index (χ3v) is 7.78. The largest absolute Gasteiger partial charge is 0.493 e. The molecule has 1 aliphatic rings. The number of rotatable bonds is 9. The van der Waals surface area contributed by atoms with Crippen molar-refractivity contribution in [2.24, 2.45) is 4.99 Å². The lowest BCUT2D eigenvalue weighted by Crippen LogP contribution is -2.28. The number of amidine groups is 1. The zero-order valence-corrected chi connectivity index (χ0v) is 24.5. The van der Waals surface area contributed by atoms with Gasteiger partial charge in [-0.2, -0.15) is 0 Å². The van der Waals surface area contributed by atoms with Crippen molar-refractivity contribution in [1.82, 2.24) is 0 Å². The molecule has 1 fully saturated rings. The number of carbonyl (C=O) groups excluding carboxylic acids is 1. The van der Waals surface area contributed by atoms with Gasteiger partial charge in [0.1, 0.15) is 6.61 Å². The number of nitrogens with zero attached hydrogens (tertiary/aromatic N) is 2. The van der Waals surface area contributed by atoms with E-state index >= 15 is 0 Å². The first-order valence-corrected chi connectivity index (χ1v) is 14.4. The summed E-state index contributed by atoms with van der Waals surface area (Å²) in [6.45, 7) is 4.14. The number of aliphatic imine (C=N–C) groups is 1. The van der Waals surface area contributed by atoms with Crippen LogP contribution in [0.5, 0.6) is 11.5 Å². The molecule has 0 spiro atoms. The van der Waals surface area contributed by atoms with Crippen molar-refractivity contribution in [3.05, 3.63) is 135 Å². The number of halogens is 2. The first-order chi connectivity index (χ1) is 20.0. The summed E-state index contributed by atoms with van der Waals surface area (Å²) in [5.41, 5.74) is 3.97. The average Bonchev–Trinajstić information content (AvgIpc) is 3.27. The third kappa shape index (κ3) is 6.68. The molecule has 1 saturated heterocycles. The van der Waals surface area contributed by atoms with E-state index in [0.29, 0.717) is 38.0 Å². The SMILES string of the molecule is C=CCc1cc(/C=C2/SC(=Nc3ccccc3)N(c3ccccc3)C2=O)cc(OC)c1OCc1ccc(Cl)cc1Cl. The predicted octanol–water partition coefficient (Wildman–Crippen LogP) is 9.12. The van der Waals surface area contributed by atoms with E-state index in [-0.39, 0.29) is 12.5 Å². The summed E-state index contributed by atoms with van der Waals surface area (Å²) >= 11 is 13.7. The Morgan fingerprint density at radius 1 is 0.951 bits per heavy atom. The summed E-state index contributed by atoms with van der Waals surface area (Å²) in [4.78, 5) is 20.7. The van der Waals surface area contributed by atoms with E-state index in [1.807, 2.05) is 84.9 Å². The maximum atomic E-state index is 13.7. The Labute approximate surface area is 253 Å². The van der Waals surface area contributed by atoms with Gasteiger partial charge < -0.3 is 9.47 Å². The van der Waals surface area contributed by atoms with Crippen LogP contribution in [-0.2, 0) is 17.8 Å². The fourth-order valence-corrected chi connectivity index (χ4v) is 5.76. The molecule has 0 unspecified atom stereocenters. The smallest absolute Gasteiger partial charge is 0.271 e. The Kier molecular flexibility index (Phi) is 9.14. The molecule has 1 heterocycles. The number of hydrogen-bond acceptors (Lipinski definition) is 5. The quantitative estimate of drug-likeness (QED) is 0.142. The van der Waals surface area contributed by atoms with Crippen LogP contribution >= 0.6 is 35.0 Å². The van der Waals surface area contributed by atoms with Crippen LogP contribution in [0.2, 0.25) is 10.0 Å². The molecule has 5 nitrogen and oxygen atoms in total. The first-order valence-electron chi connectivity index (χ1n) is 12.8. The number of para-hydroxylation sites is 2. The van der Waals surface area contributed by atoms with E-state index in [9.17, 15) is 4.79 Å². The zero-order chi connectivity index (χ0) is 28.8. The second-order valence-electron chi connectivity index (χ2n) is 9.05. The summed E-state index contributed by atoms with van der Waals surface area (Å²) in [6.07, 6.45) is 4.19. The molecule has 0 N–H and O–H groups in total. The van der Waals surface area contributed by atoms with Crippen molar-refractivity contribution in [3.63, 3.8) is 0 Å². The fourth-order valence-electron chi connectivity index (χ4n) is 4.30. The number of benzene rings is 4. The highest BCUT2D eigenvalue weighted by molar-refractivity contribution is 8.19. The third-order valence-electron chi connectivity index (χ3n) is 6.22. The van der Waals surface area contributed by atoms with Crippen molar-refractivity contribution in [3.8, 4) is 11.5 Å². The van der Waals surface area contributed by atoms with Crippen LogP contribution in [-0.4, -0.2) is 18.2 Å². The van der Waals surface area contributed by atoms with Gasteiger partial charge in [0, 0.05) is 21.2 Å². The normalized spacial score (nSPS) is 15.0. The van der Waals surface area contributed by atoms with Crippen molar-refractivity contribution >= 4 is 63.5 Å². The van der Waals surface area contributed by atoms with E-state index in [1.54, 1.807) is 30.2 Å². The van der Waals surface area contributed by atoms with Gasteiger partial charge >= 0.3 is 0 Å². The van der Waals surface area contributed by atoms with Crippen LogP contribution < -0.4 is 14.4 Å². The van der Waals surface area contributed by atoms with Crippen LogP contribution in [0.1, 0.15) is 16.7 Å². The first kappa shape index (κ1) is 28.6. The summed E-state index contributed by atoms with van der Waals surface area (Å²) in [6, 6.07) is 28.2. The average molecular weight is 602 g/mol. The lowest BCUT2D eigenvalue weighted by atomic mass is 10.0. The van der Waals surface area contributed by atoms with Crippen LogP contribution in [0.4, 0.5) is 11.4 Å². The van der Waals surface area contributed by atoms with Gasteiger partial charge in [-0.05, 0) is 78.4 Å². The second kappa shape index (κ2) is 13.1. The van der Waals surface area contributed by atoms with E-state index in [1.165, 1.54) is 11.8 Å². The Balaban J connectivity index is 1.50. The number of allylic oxidation sites excluding steroid dienone is 1. The molecule has 41 heavy (non-hydrogen) atoms. The minimum Gasteiger partial charge on any atom is -0.493 e.